The van der Waals surface area contributed by atoms with Gasteiger partial charge in [-0.15, -0.1) is 0 Å². The fourth-order valence-corrected chi connectivity index (χ4v) is 0.571. The molecule has 1 N–H and O–H groups in total. The zero-order chi connectivity index (χ0) is 6.69. The number of aromatic nitrogens is 1. The number of hydrogen-bond acceptors (Lipinski definition) is 2. The highest BCUT2D eigenvalue weighted by Crippen LogP contribution is 1.92. The van der Waals surface area contributed by atoms with Crippen LogP contribution >= 0.6 is 0 Å². The molecule has 0 aromatic carbocycles. The summed E-state index contributed by atoms with van der Waals surface area (Å²) in [6.07, 6.45) is 3.20. The summed E-state index contributed by atoms with van der Waals surface area (Å²) in [5, 5.41) is 10.7. The lowest BCUT2D eigenvalue weighted by atomic mass is 10.4. The molecule has 1 unspecified atom stereocenters. The van der Waals surface area contributed by atoms with Crippen LogP contribution in [0.4, 0.5) is 5.69 Å². The maximum Gasteiger partial charge on any atom is 0.149 e. The van der Waals surface area contributed by atoms with Gasteiger partial charge < -0.3 is 10.3 Å². The molecule has 0 saturated carbocycles. The first kappa shape index (κ1) is 6.19. The van der Waals surface area contributed by atoms with E-state index in [0.717, 1.165) is 0 Å². The van der Waals surface area contributed by atoms with Gasteiger partial charge in [-0.25, -0.2) is 0 Å². The Balaban J connectivity index is 2.85. The largest absolute Gasteiger partial charge is 0.629 e. The minimum Gasteiger partial charge on any atom is -0.629 e. The maximum absolute atomic E-state index is 10.6. The number of hydroxylamine groups is 1. The number of rotatable bonds is 1. The summed E-state index contributed by atoms with van der Waals surface area (Å²) >= 11 is 0. The van der Waals surface area contributed by atoms with Crippen LogP contribution in [-0.4, -0.2) is 12.0 Å². The fraction of sp³-hybridized carbons (Fsp3) is 0.167. The average molecular weight is 124 g/mol. The van der Waals surface area contributed by atoms with Crippen molar-refractivity contribution in [1.29, 1.82) is 0 Å². The molecule has 1 aromatic heterocycles. The van der Waals surface area contributed by atoms with Crippen molar-refractivity contribution in [3.63, 3.8) is 0 Å². The molecule has 0 saturated heterocycles. The SMILES string of the molecule is C[NH+]([O-])c1cccnc1. The summed E-state index contributed by atoms with van der Waals surface area (Å²) in [6.45, 7) is 0. The summed E-state index contributed by atoms with van der Waals surface area (Å²) in [6, 6.07) is 3.49. The molecule has 1 aromatic rings. The quantitative estimate of drug-likeness (QED) is 0.523. The third kappa shape index (κ3) is 1.48. The van der Waals surface area contributed by atoms with E-state index in [-0.39, 0.29) is 5.06 Å². The van der Waals surface area contributed by atoms with Crippen molar-refractivity contribution in [2.75, 3.05) is 7.05 Å². The summed E-state index contributed by atoms with van der Waals surface area (Å²) in [5.74, 6) is 0. The Morgan fingerprint density at radius 2 is 2.44 bits per heavy atom. The molecule has 9 heavy (non-hydrogen) atoms. The van der Waals surface area contributed by atoms with Crippen molar-refractivity contribution in [3.8, 4) is 0 Å². The van der Waals surface area contributed by atoms with Gasteiger partial charge in [-0.2, -0.15) is 0 Å². The van der Waals surface area contributed by atoms with Crippen LogP contribution in [0, 0.1) is 5.21 Å². The standard InChI is InChI=1S/C6H8N2O/c1-8(9)6-3-2-4-7-5-6/h2-5,8H,1H3. The molecule has 1 heterocycles. The number of quaternary nitrogens is 1. The Morgan fingerprint density at radius 1 is 1.67 bits per heavy atom. The molecule has 0 aliphatic heterocycles. The molecule has 0 aliphatic rings. The number of nitrogens with zero attached hydrogens (tertiary/aromatic N) is 1. The normalized spacial score (nSPS) is 13.1. The highest BCUT2D eigenvalue weighted by molar-refractivity contribution is 5.22. The molecule has 0 aliphatic carbocycles. The van der Waals surface area contributed by atoms with E-state index < -0.39 is 0 Å². The van der Waals surface area contributed by atoms with Gasteiger partial charge in [0.25, 0.3) is 0 Å². The Labute approximate surface area is 53.5 Å². The van der Waals surface area contributed by atoms with Crippen molar-refractivity contribution in [2.45, 2.75) is 0 Å². The zero-order valence-electron chi connectivity index (χ0n) is 5.16. The van der Waals surface area contributed by atoms with E-state index >= 15 is 0 Å². The third-order valence-electron chi connectivity index (χ3n) is 1.07. The topological polar surface area (TPSA) is 40.4 Å². The second kappa shape index (κ2) is 2.57. The van der Waals surface area contributed by atoms with E-state index in [1.54, 1.807) is 24.5 Å². The lowest BCUT2D eigenvalue weighted by Gasteiger charge is -2.13. The smallest absolute Gasteiger partial charge is 0.149 e. The molecular weight excluding hydrogens is 116 g/mol. The summed E-state index contributed by atoms with van der Waals surface area (Å²) < 4.78 is 0. The summed E-state index contributed by atoms with van der Waals surface area (Å²) in [7, 11) is 1.52. The predicted molar refractivity (Wildman–Crippen MR) is 34.2 cm³/mol. The van der Waals surface area contributed by atoms with E-state index in [0.29, 0.717) is 5.69 Å². The molecule has 1 atom stereocenters. The maximum atomic E-state index is 10.6. The molecule has 3 heteroatoms. The van der Waals surface area contributed by atoms with Crippen LogP contribution in [0.15, 0.2) is 24.5 Å². The number of pyridine rings is 1. The lowest BCUT2D eigenvalue weighted by molar-refractivity contribution is -0.751. The average Bonchev–Trinajstić information content (AvgIpc) is 1.90. The highest BCUT2D eigenvalue weighted by Gasteiger charge is 1.91. The number of nitrogens with one attached hydrogen (secondary N) is 1. The molecule has 0 bridgehead atoms. The van der Waals surface area contributed by atoms with Crippen LogP contribution < -0.4 is 5.06 Å². The van der Waals surface area contributed by atoms with Gasteiger partial charge in [0.1, 0.15) is 5.69 Å². The van der Waals surface area contributed by atoms with Crippen LogP contribution in [0.3, 0.4) is 0 Å². The van der Waals surface area contributed by atoms with Crippen molar-refractivity contribution < 1.29 is 5.06 Å². The lowest BCUT2D eigenvalue weighted by Crippen LogP contribution is -2.98. The Morgan fingerprint density at radius 3 is 2.78 bits per heavy atom. The van der Waals surface area contributed by atoms with E-state index in [1.807, 2.05) is 0 Å². The van der Waals surface area contributed by atoms with Gasteiger partial charge in [-0.3, -0.25) is 4.98 Å². The van der Waals surface area contributed by atoms with E-state index in [9.17, 15) is 5.21 Å². The minimum atomic E-state index is 0.0584. The molecule has 0 radical (unpaired) electrons. The fourth-order valence-electron chi connectivity index (χ4n) is 0.571. The van der Waals surface area contributed by atoms with E-state index in [4.69, 9.17) is 0 Å². The monoisotopic (exact) mass is 124 g/mol. The molecule has 3 nitrogen and oxygen atoms in total. The Bertz CT molecular complexity index is 174. The molecular formula is C6H8N2O. The number of hydrogen-bond donors (Lipinski definition) is 1. The highest BCUT2D eigenvalue weighted by atomic mass is 16.5. The first-order chi connectivity index (χ1) is 4.30. The molecule has 48 valence electrons. The molecule has 0 fully saturated rings. The van der Waals surface area contributed by atoms with Crippen LogP contribution in [0.25, 0.3) is 0 Å². The predicted octanol–water partition coefficient (Wildman–Crippen LogP) is -0.274. The van der Waals surface area contributed by atoms with Gasteiger partial charge in [-0.1, -0.05) is 0 Å². The van der Waals surface area contributed by atoms with Crippen LogP contribution in [-0.2, 0) is 0 Å². The van der Waals surface area contributed by atoms with Crippen molar-refractivity contribution >= 4 is 5.69 Å². The second-order valence-electron chi connectivity index (χ2n) is 1.80. The van der Waals surface area contributed by atoms with Crippen LogP contribution in [0.5, 0.6) is 0 Å². The van der Waals surface area contributed by atoms with E-state index in [2.05, 4.69) is 4.98 Å². The van der Waals surface area contributed by atoms with Gasteiger partial charge >= 0.3 is 0 Å². The molecule has 0 spiro atoms. The van der Waals surface area contributed by atoms with Crippen LogP contribution in [0.2, 0.25) is 0 Å². The van der Waals surface area contributed by atoms with E-state index in [1.165, 1.54) is 7.05 Å². The first-order valence-electron chi connectivity index (χ1n) is 2.71. The Hall–Kier alpha value is -0.930. The van der Waals surface area contributed by atoms with Gasteiger partial charge in [-0.05, 0) is 6.07 Å². The molecule has 1 rings (SSSR count). The van der Waals surface area contributed by atoms with Gasteiger partial charge in [0, 0.05) is 12.3 Å². The summed E-state index contributed by atoms with van der Waals surface area (Å²) in [5.41, 5.74) is 0.664. The van der Waals surface area contributed by atoms with Gasteiger partial charge in [0.05, 0.1) is 13.2 Å². The third-order valence-corrected chi connectivity index (χ3v) is 1.07. The van der Waals surface area contributed by atoms with Gasteiger partial charge in [0.15, 0.2) is 0 Å². The van der Waals surface area contributed by atoms with Gasteiger partial charge in [0.2, 0.25) is 0 Å². The van der Waals surface area contributed by atoms with Crippen molar-refractivity contribution in [3.05, 3.63) is 29.7 Å². The van der Waals surface area contributed by atoms with Crippen molar-refractivity contribution in [1.82, 2.24) is 4.98 Å². The minimum absolute atomic E-state index is 0.0584. The zero-order valence-corrected chi connectivity index (χ0v) is 5.16. The Kier molecular flexibility index (Phi) is 1.77. The van der Waals surface area contributed by atoms with Crippen LogP contribution in [0.1, 0.15) is 0 Å². The summed E-state index contributed by atoms with van der Waals surface area (Å²) in [4.78, 5) is 3.79. The molecule has 0 amide bonds. The van der Waals surface area contributed by atoms with Crippen molar-refractivity contribution in [2.24, 2.45) is 0 Å². The second-order valence-corrected chi connectivity index (χ2v) is 1.80. The first-order valence-corrected chi connectivity index (χ1v) is 2.71.